The number of carbonyl (C=O) groups excluding carboxylic acids is 1. The third-order valence-electron chi connectivity index (χ3n) is 3.24. The van der Waals surface area contributed by atoms with Crippen LogP contribution in [0.3, 0.4) is 0 Å². The second kappa shape index (κ2) is 4.34. The highest BCUT2D eigenvalue weighted by Gasteiger charge is 2.32. The highest BCUT2D eigenvalue weighted by Crippen LogP contribution is 2.27. The molecule has 16 heavy (non-hydrogen) atoms. The number of nitrogens with zero attached hydrogens (tertiary/aromatic N) is 1. The van der Waals surface area contributed by atoms with Crippen molar-refractivity contribution in [2.75, 3.05) is 7.05 Å². The number of Topliss-reactive ketones (excluding diaryl/α,β-unsaturated/α-hetero) is 1. The molecule has 0 aliphatic heterocycles. The van der Waals surface area contributed by atoms with E-state index in [9.17, 15) is 9.18 Å². The van der Waals surface area contributed by atoms with Crippen molar-refractivity contribution in [3.63, 3.8) is 0 Å². The standard InChI is InChI=1S/C13H16FNO/c1-9(15(2)12-7-8-12)13(16)10-3-5-11(14)6-4-10/h3-6,9,12H,7-8H2,1-2H3. The Morgan fingerprint density at radius 3 is 2.44 bits per heavy atom. The topological polar surface area (TPSA) is 20.3 Å². The van der Waals surface area contributed by atoms with Crippen LogP contribution in [0.15, 0.2) is 24.3 Å². The van der Waals surface area contributed by atoms with Crippen LogP contribution in [0.25, 0.3) is 0 Å². The van der Waals surface area contributed by atoms with Gasteiger partial charge in [0, 0.05) is 11.6 Å². The van der Waals surface area contributed by atoms with Crippen molar-refractivity contribution in [3.8, 4) is 0 Å². The van der Waals surface area contributed by atoms with Crippen molar-refractivity contribution in [1.82, 2.24) is 4.90 Å². The van der Waals surface area contributed by atoms with Crippen molar-refractivity contribution in [3.05, 3.63) is 35.6 Å². The fourth-order valence-corrected chi connectivity index (χ4v) is 1.84. The Kier molecular flexibility index (Phi) is 3.06. The van der Waals surface area contributed by atoms with E-state index in [1.807, 2.05) is 14.0 Å². The molecule has 0 saturated heterocycles. The van der Waals surface area contributed by atoms with E-state index in [4.69, 9.17) is 0 Å². The summed E-state index contributed by atoms with van der Waals surface area (Å²) >= 11 is 0. The Bertz CT molecular complexity index is 383. The lowest BCUT2D eigenvalue weighted by Gasteiger charge is -2.23. The first-order chi connectivity index (χ1) is 7.59. The summed E-state index contributed by atoms with van der Waals surface area (Å²) in [6, 6.07) is 6.19. The largest absolute Gasteiger partial charge is 0.294 e. The molecule has 1 aromatic carbocycles. The lowest BCUT2D eigenvalue weighted by molar-refractivity contribution is 0.0861. The van der Waals surface area contributed by atoms with Crippen LogP contribution in [0.5, 0.6) is 0 Å². The molecule has 1 aromatic rings. The summed E-state index contributed by atoms with van der Waals surface area (Å²) in [5, 5.41) is 0. The first-order valence-corrected chi connectivity index (χ1v) is 5.61. The second-order valence-corrected chi connectivity index (χ2v) is 4.44. The Morgan fingerprint density at radius 2 is 1.94 bits per heavy atom. The number of carbonyl (C=O) groups is 1. The summed E-state index contributed by atoms with van der Waals surface area (Å²) in [4.78, 5) is 14.2. The molecule has 0 spiro atoms. The fourth-order valence-electron chi connectivity index (χ4n) is 1.84. The van der Waals surface area contributed by atoms with Crippen molar-refractivity contribution in [2.45, 2.75) is 31.8 Å². The molecule has 0 aromatic heterocycles. The monoisotopic (exact) mass is 221 g/mol. The van der Waals surface area contributed by atoms with Crippen molar-refractivity contribution >= 4 is 5.78 Å². The van der Waals surface area contributed by atoms with Gasteiger partial charge in [0.25, 0.3) is 0 Å². The van der Waals surface area contributed by atoms with Crippen molar-refractivity contribution < 1.29 is 9.18 Å². The zero-order valence-corrected chi connectivity index (χ0v) is 9.61. The summed E-state index contributed by atoms with van der Waals surface area (Å²) in [6.45, 7) is 1.91. The molecule has 1 aliphatic carbocycles. The number of ketones is 1. The van der Waals surface area contributed by atoms with E-state index < -0.39 is 0 Å². The molecule has 1 unspecified atom stereocenters. The van der Waals surface area contributed by atoms with Crippen LogP contribution in [-0.2, 0) is 0 Å². The van der Waals surface area contributed by atoms with E-state index in [1.165, 1.54) is 25.0 Å². The molecule has 1 atom stereocenters. The van der Waals surface area contributed by atoms with Crippen LogP contribution in [0.2, 0.25) is 0 Å². The minimum Gasteiger partial charge on any atom is -0.294 e. The Hall–Kier alpha value is -1.22. The van der Waals surface area contributed by atoms with Crippen molar-refractivity contribution in [1.29, 1.82) is 0 Å². The molecule has 86 valence electrons. The number of hydrogen-bond acceptors (Lipinski definition) is 2. The van der Waals surface area contributed by atoms with E-state index in [0.717, 1.165) is 0 Å². The van der Waals surface area contributed by atoms with Crippen LogP contribution < -0.4 is 0 Å². The van der Waals surface area contributed by atoms with E-state index in [-0.39, 0.29) is 17.6 Å². The van der Waals surface area contributed by atoms with Gasteiger partial charge in [-0.25, -0.2) is 4.39 Å². The van der Waals surface area contributed by atoms with Gasteiger partial charge in [-0.2, -0.15) is 0 Å². The predicted molar refractivity (Wildman–Crippen MR) is 61.0 cm³/mol. The van der Waals surface area contributed by atoms with Crippen molar-refractivity contribution in [2.24, 2.45) is 0 Å². The minimum absolute atomic E-state index is 0.0643. The van der Waals surface area contributed by atoms with Gasteiger partial charge in [-0.15, -0.1) is 0 Å². The first-order valence-electron chi connectivity index (χ1n) is 5.61. The number of benzene rings is 1. The smallest absolute Gasteiger partial charge is 0.179 e. The van der Waals surface area contributed by atoms with Crippen LogP contribution in [0.1, 0.15) is 30.1 Å². The summed E-state index contributed by atoms with van der Waals surface area (Å²) in [7, 11) is 1.98. The lowest BCUT2D eigenvalue weighted by Crippen LogP contribution is -2.37. The van der Waals surface area contributed by atoms with Gasteiger partial charge < -0.3 is 0 Å². The third kappa shape index (κ3) is 2.30. The normalized spacial score (nSPS) is 17.5. The number of likely N-dealkylation sites (N-methyl/N-ethyl adjacent to an activating group) is 1. The number of halogens is 1. The zero-order valence-electron chi connectivity index (χ0n) is 9.61. The van der Waals surface area contributed by atoms with E-state index in [1.54, 1.807) is 12.1 Å². The minimum atomic E-state index is -0.306. The zero-order chi connectivity index (χ0) is 11.7. The molecule has 0 N–H and O–H groups in total. The summed E-state index contributed by atoms with van der Waals surface area (Å²) in [6.07, 6.45) is 2.36. The van der Waals surface area contributed by atoms with E-state index >= 15 is 0 Å². The quantitative estimate of drug-likeness (QED) is 0.728. The average molecular weight is 221 g/mol. The maximum Gasteiger partial charge on any atom is 0.179 e. The molecular formula is C13H16FNO. The van der Waals surface area contributed by atoms with Crippen LogP contribution >= 0.6 is 0 Å². The predicted octanol–water partition coefficient (Wildman–Crippen LogP) is 2.49. The van der Waals surface area contributed by atoms with Gasteiger partial charge >= 0.3 is 0 Å². The Labute approximate surface area is 95.1 Å². The van der Waals surface area contributed by atoms with Gasteiger partial charge in [-0.3, -0.25) is 9.69 Å². The summed E-state index contributed by atoms with van der Waals surface area (Å²) in [5.41, 5.74) is 0.585. The Morgan fingerprint density at radius 1 is 1.38 bits per heavy atom. The summed E-state index contributed by atoms with van der Waals surface area (Å²) in [5.74, 6) is -0.242. The summed E-state index contributed by atoms with van der Waals surface area (Å²) < 4.78 is 12.7. The molecule has 1 fully saturated rings. The van der Waals surface area contributed by atoms with Crippen LogP contribution in [-0.4, -0.2) is 29.8 Å². The van der Waals surface area contributed by atoms with Gasteiger partial charge in [-0.1, -0.05) is 0 Å². The molecule has 0 heterocycles. The lowest BCUT2D eigenvalue weighted by atomic mass is 10.0. The van der Waals surface area contributed by atoms with E-state index in [0.29, 0.717) is 11.6 Å². The van der Waals surface area contributed by atoms with Gasteiger partial charge in [-0.05, 0) is 51.1 Å². The molecule has 0 bridgehead atoms. The Balaban J connectivity index is 2.08. The molecule has 1 aliphatic rings. The molecule has 2 rings (SSSR count). The average Bonchev–Trinajstić information content (AvgIpc) is 3.11. The third-order valence-corrected chi connectivity index (χ3v) is 3.24. The van der Waals surface area contributed by atoms with Gasteiger partial charge in [0.05, 0.1) is 6.04 Å². The van der Waals surface area contributed by atoms with Crippen LogP contribution in [0.4, 0.5) is 4.39 Å². The molecule has 1 saturated carbocycles. The second-order valence-electron chi connectivity index (χ2n) is 4.44. The van der Waals surface area contributed by atoms with Crippen LogP contribution in [0, 0.1) is 5.82 Å². The maximum atomic E-state index is 12.7. The SMILES string of the molecule is CC(C(=O)c1ccc(F)cc1)N(C)C1CC1. The number of hydrogen-bond donors (Lipinski definition) is 0. The highest BCUT2D eigenvalue weighted by molar-refractivity contribution is 5.99. The maximum absolute atomic E-state index is 12.7. The first kappa shape index (κ1) is 11.3. The highest BCUT2D eigenvalue weighted by atomic mass is 19.1. The van der Waals surface area contributed by atoms with E-state index in [2.05, 4.69) is 4.90 Å². The fraction of sp³-hybridized carbons (Fsp3) is 0.462. The van der Waals surface area contributed by atoms with Gasteiger partial charge in [0.1, 0.15) is 5.82 Å². The number of rotatable bonds is 4. The molecular weight excluding hydrogens is 205 g/mol. The molecule has 0 amide bonds. The van der Waals surface area contributed by atoms with Gasteiger partial charge in [0.2, 0.25) is 0 Å². The molecule has 3 heteroatoms. The van der Waals surface area contributed by atoms with Gasteiger partial charge in [0.15, 0.2) is 5.78 Å². The molecule has 2 nitrogen and oxygen atoms in total. The molecule has 0 radical (unpaired) electrons.